The molecule has 2 aromatic rings. The van der Waals surface area contributed by atoms with Crippen molar-refractivity contribution in [2.45, 2.75) is 4.90 Å². The maximum Gasteiger partial charge on any atom is 0.121 e. The molecule has 0 unspecified atom stereocenters. The quantitative estimate of drug-likeness (QED) is 0.491. The number of rotatable bonds is 5. The Morgan fingerprint density at radius 1 is 1.05 bits per heavy atom. The van der Waals surface area contributed by atoms with Gasteiger partial charge in [0.15, 0.2) is 0 Å². The molecule has 2 rings (SSSR count). The molecule has 0 fully saturated rings. The van der Waals surface area contributed by atoms with Crippen molar-refractivity contribution in [3.63, 3.8) is 0 Å². The van der Waals surface area contributed by atoms with E-state index >= 15 is 0 Å². The second kappa shape index (κ2) is 6.94. The molecule has 0 aliphatic heterocycles. The van der Waals surface area contributed by atoms with Crippen molar-refractivity contribution < 1.29 is 4.74 Å². The van der Waals surface area contributed by atoms with Gasteiger partial charge < -0.3 is 10.5 Å². The second-order valence-electron chi connectivity index (χ2n) is 3.85. The number of nitrogens with two attached hydrogens (primary N) is 1. The minimum atomic E-state index is 0.571. The predicted molar refractivity (Wildman–Crippen MR) is 83.5 cm³/mol. The van der Waals surface area contributed by atoms with E-state index in [4.69, 9.17) is 33.7 Å². The normalized spacial score (nSPS) is 10.4. The molecule has 2 N–H and O–H groups in total. The Balaban J connectivity index is 1.79. The van der Waals surface area contributed by atoms with Gasteiger partial charge in [0, 0.05) is 22.4 Å². The molecule has 5 heteroatoms. The summed E-state index contributed by atoms with van der Waals surface area (Å²) >= 11 is 13.5. The highest BCUT2D eigenvalue weighted by molar-refractivity contribution is 7.99. The first kappa shape index (κ1) is 14.4. The summed E-state index contributed by atoms with van der Waals surface area (Å²) in [5.74, 6) is 1.61. The van der Waals surface area contributed by atoms with Crippen LogP contribution in [-0.2, 0) is 0 Å². The van der Waals surface area contributed by atoms with Crippen LogP contribution in [-0.4, -0.2) is 12.4 Å². The van der Waals surface area contributed by atoms with Crippen molar-refractivity contribution in [1.82, 2.24) is 0 Å². The number of ether oxygens (including phenoxy) is 1. The van der Waals surface area contributed by atoms with Gasteiger partial charge in [-0.25, -0.2) is 0 Å². The lowest BCUT2D eigenvalue weighted by Crippen LogP contribution is -2.00. The molecule has 0 heterocycles. The zero-order chi connectivity index (χ0) is 13.7. The fourth-order valence-electron chi connectivity index (χ4n) is 1.49. The third-order valence-electron chi connectivity index (χ3n) is 2.37. The van der Waals surface area contributed by atoms with Crippen LogP contribution < -0.4 is 10.5 Å². The molecule has 0 bridgehead atoms. The third-order valence-corrected chi connectivity index (χ3v) is 4.07. The number of thioether (sulfide) groups is 1. The molecule has 2 aromatic carbocycles. The molecular weight excluding hydrogens is 301 g/mol. The van der Waals surface area contributed by atoms with E-state index < -0.39 is 0 Å². The maximum atomic E-state index is 5.95. The number of nitrogen functional groups attached to an aromatic ring is 1. The van der Waals surface area contributed by atoms with E-state index in [1.54, 1.807) is 17.8 Å². The highest BCUT2D eigenvalue weighted by atomic mass is 35.5. The van der Waals surface area contributed by atoms with E-state index in [0.29, 0.717) is 22.3 Å². The van der Waals surface area contributed by atoms with Crippen LogP contribution in [0.2, 0.25) is 10.0 Å². The summed E-state index contributed by atoms with van der Waals surface area (Å²) in [4.78, 5) is 1.07. The van der Waals surface area contributed by atoms with Gasteiger partial charge in [-0.15, -0.1) is 11.8 Å². The average molecular weight is 314 g/mol. The van der Waals surface area contributed by atoms with E-state index in [0.717, 1.165) is 16.4 Å². The van der Waals surface area contributed by atoms with Crippen LogP contribution >= 0.6 is 35.0 Å². The summed E-state index contributed by atoms with van der Waals surface area (Å²) in [6.45, 7) is 0.606. The van der Waals surface area contributed by atoms with Crippen LogP contribution in [0.3, 0.4) is 0 Å². The van der Waals surface area contributed by atoms with E-state index in [1.807, 2.05) is 36.4 Å². The fourth-order valence-corrected chi connectivity index (χ4v) is 2.62. The summed E-state index contributed by atoms with van der Waals surface area (Å²) < 4.78 is 5.60. The van der Waals surface area contributed by atoms with Crippen LogP contribution in [0, 0.1) is 0 Å². The zero-order valence-corrected chi connectivity index (χ0v) is 12.4. The van der Waals surface area contributed by atoms with Crippen molar-refractivity contribution in [2.24, 2.45) is 0 Å². The Bertz CT molecular complexity index is 563. The van der Waals surface area contributed by atoms with E-state index in [1.165, 1.54) is 0 Å². The molecule has 0 aliphatic rings. The van der Waals surface area contributed by atoms with Crippen molar-refractivity contribution >= 4 is 40.7 Å². The molecule has 2 nitrogen and oxygen atoms in total. The number of benzene rings is 2. The number of anilines is 1. The van der Waals surface area contributed by atoms with Gasteiger partial charge in [0.25, 0.3) is 0 Å². The van der Waals surface area contributed by atoms with E-state index in [9.17, 15) is 0 Å². The standard InChI is InChI=1S/C14H13Cl2NOS/c15-13-5-4-12(9-14(13)16)19-7-6-18-11-3-1-2-10(17)8-11/h1-5,8-9H,6-7,17H2. The largest absolute Gasteiger partial charge is 0.493 e. The van der Waals surface area contributed by atoms with Gasteiger partial charge in [-0.3, -0.25) is 0 Å². The van der Waals surface area contributed by atoms with Crippen LogP contribution in [0.25, 0.3) is 0 Å². The maximum absolute atomic E-state index is 5.95. The summed E-state index contributed by atoms with van der Waals surface area (Å²) in [5, 5.41) is 1.14. The SMILES string of the molecule is Nc1cccc(OCCSc2ccc(Cl)c(Cl)c2)c1. The minimum absolute atomic E-state index is 0.571. The number of hydrogen-bond acceptors (Lipinski definition) is 3. The first-order valence-electron chi connectivity index (χ1n) is 5.71. The van der Waals surface area contributed by atoms with Gasteiger partial charge in [-0.05, 0) is 30.3 Å². The van der Waals surface area contributed by atoms with E-state index in [-0.39, 0.29) is 0 Å². The smallest absolute Gasteiger partial charge is 0.121 e. The van der Waals surface area contributed by atoms with Crippen LogP contribution in [0.1, 0.15) is 0 Å². The summed E-state index contributed by atoms with van der Waals surface area (Å²) in [6.07, 6.45) is 0. The summed E-state index contributed by atoms with van der Waals surface area (Å²) in [5.41, 5.74) is 6.38. The van der Waals surface area contributed by atoms with Crippen molar-refractivity contribution in [1.29, 1.82) is 0 Å². The lowest BCUT2D eigenvalue weighted by atomic mass is 10.3. The number of halogens is 2. The van der Waals surface area contributed by atoms with Crippen molar-refractivity contribution in [3.8, 4) is 5.75 Å². The topological polar surface area (TPSA) is 35.2 Å². The Hall–Kier alpha value is -1.03. The molecule has 0 spiro atoms. The average Bonchev–Trinajstić information content (AvgIpc) is 2.39. The predicted octanol–water partition coefficient (Wildman–Crippen LogP) is 4.75. The minimum Gasteiger partial charge on any atom is -0.493 e. The second-order valence-corrected chi connectivity index (χ2v) is 5.83. The van der Waals surface area contributed by atoms with Gasteiger partial charge in [0.2, 0.25) is 0 Å². The first-order valence-corrected chi connectivity index (χ1v) is 7.45. The van der Waals surface area contributed by atoms with Gasteiger partial charge in [0.1, 0.15) is 5.75 Å². The van der Waals surface area contributed by atoms with Crippen LogP contribution in [0.5, 0.6) is 5.75 Å². The Kier molecular flexibility index (Phi) is 5.25. The molecule has 0 aliphatic carbocycles. The van der Waals surface area contributed by atoms with E-state index in [2.05, 4.69) is 0 Å². The number of hydrogen-bond donors (Lipinski definition) is 1. The molecule has 0 saturated heterocycles. The van der Waals surface area contributed by atoms with Gasteiger partial charge in [0.05, 0.1) is 16.7 Å². The summed E-state index contributed by atoms with van der Waals surface area (Å²) in [7, 11) is 0. The monoisotopic (exact) mass is 313 g/mol. The molecular formula is C14H13Cl2NOS. The Morgan fingerprint density at radius 2 is 1.89 bits per heavy atom. The Labute approximate surface area is 126 Å². The highest BCUT2D eigenvalue weighted by Gasteiger charge is 2.00. The highest BCUT2D eigenvalue weighted by Crippen LogP contribution is 2.27. The van der Waals surface area contributed by atoms with Crippen molar-refractivity contribution in [3.05, 3.63) is 52.5 Å². The van der Waals surface area contributed by atoms with Gasteiger partial charge >= 0.3 is 0 Å². The molecule has 0 atom stereocenters. The van der Waals surface area contributed by atoms with Crippen LogP contribution in [0.4, 0.5) is 5.69 Å². The zero-order valence-electron chi connectivity index (χ0n) is 10.1. The van der Waals surface area contributed by atoms with Crippen LogP contribution in [0.15, 0.2) is 47.4 Å². The molecule has 0 saturated carbocycles. The first-order chi connectivity index (χ1) is 9.15. The molecule has 0 amide bonds. The molecule has 100 valence electrons. The lowest BCUT2D eigenvalue weighted by molar-refractivity contribution is 0.344. The molecule has 0 aromatic heterocycles. The van der Waals surface area contributed by atoms with Gasteiger partial charge in [-0.2, -0.15) is 0 Å². The molecule has 19 heavy (non-hydrogen) atoms. The van der Waals surface area contributed by atoms with Gasteiger partial charge in [-0.1, -0.05) is 29.3 Å². The fraction of sp³-hybridized carbons (Fsp3) is 0.143. The Morgan fingerprint density at radius 3 is 2.63 bits per heavy atom. The molecule has 0 radical (unpaired) electrons. The van der Waals surface area contributed by atoms with Crippen molar-refractivity contribution in [2.75, 3.05) is 18.1 Å². The summed E-state index contributed by atoms with van der Waals surface area (Å²) in [6, 6.07) is 13.0. The third kappa shape index (κ3) is 4.53. The lowest BCUT2D eigenvalue weighted by Gasteiger charge is -2.07.